The van der Waals surface area contributed by atoms with Gasteiger partial charge in [-0.1, -0.05) is 19.8 Å². The van der Waals surface area contributed by atoms with E-state index in [4.69, 9.17) is 15.2 Å². The van der Waals surface area contributed by atoms with E-state index in [2.05, 4.69) is 11.8 Å². The summed E-state index contributed by atoms with van der Waals surface area (Å²) < 4.78 is 11.1. The number of ether oxygens (including phenoxy) is 2. The summed E-state index contributed by atoms with van der Waals surface area (Å²) in [6, 6.07) is 0. The van der Waals surface area contributed by atoms with Gasteiger partial charge in [-0.2, -0.15) is 0 Å². The maximum absolute atomic E-state index is 9.34. The third-order valence-corrected chi connectivity index (χ3v) is 3.80. The molecule has 0 aromatic carbocycles. The van der Waals surface area contributed by atoms with E-state index in [9.17, 15) is 5.11 Å². The summed E-state index contributed by atoms with van der Waals surface area (Å²) in [7, 11) is 0. The second-order valence-corrected chi connectivity index (χ2v) is 5.50. The Bertz CT molecular complexity index is 221. The zero-order valence-electron chi connectivity index (χ0n) is 12.9. The highest BCUT2D eigenvalue weighted by Gasteiger charge is 2.20. The van der Waals surface area contributed by atoms with Crippen LogP contribution in [-0.2, 0) is 9.47 Å². The van der Waals surface area contributed by atoms with Crippen LogP contribution in [0.5, 0.6) is 0 Å². The van der Waals surface area contributed by atoms with Crippen LogP contribution in [-0.4, -0.2) is 61.8 Å². The molecule has 0 amide bonds. The highest BCUT2D eigenvalue weighted by Crippen LogP contribution is 2.14. The van der Waals surface area contributed by atoms with E-state index >= 15 is 0 Å². The molecule has 0 bridgehead atoms. The molecule has 0 spiro atoms. The summed E-state index contributed by atoms with van der Waals surface area (Å²) in [4.78, 5) is 2.42. The quantitative estimate of drug-likeness (QED) is 0.562. The molecule has 1 saturated heterocycles. The van der Waals surface area contributed by atoms with Crippen molar-refractivity contribution >= 4 is 0 Å². The number of rotatable bonds is 11. The second-order valence-electron chi connectivity index (χ2n) is 5.50. The van der Waals surface area contributed by atoms with Gasteiger partial charge < -0.3 is 25.2 Å². The van der Waals surface area contributed by atoms with Gasteiger partial charge in [0.05, 0.1) is 19.3 Å². The smallest absolute Gasteiger partial charge is 0.157 e. The third-order valence-electron chi connectivity index (χ3n) is 3.80. The van der Waals surface area contributed by atoms with Gasteiger partial charge in [0.25, 0.3) is 0 Å². The summed E-state index contributed by atoms with van der Waals surface area (Å²) in [5.41, 5.74) is 5.49. The molecule has 3 N–H and O–H groups in total. The van der Waals surface area contributed by atoms with Crippen molar-refractivity contribution in [3.63, 3.8) is 0 Å². The van der Waals surface area contributed by atoms with Crippen molar-refractivity contribution in [3.05, 3.63) is 0 Å². The highest BCUT2D eigenvalue weighted by atomic mass is 16.7. The molecular formula is C15H32N2O3. The molecule has 1 aliphatic rings. The number of aliphatic hydroxyl groups is 1. The third kappa shape index (κ3) is 8.17. The number of nitrogens with zero attached hydrogens (tertiary/aromatic N) is 1. The molecule has 5 heteroatoms. The monoisotopic (exact) mass is 288 g/mol. The van der Waals surface area contributed by atoms with Crippen molar-refractivity contribution in [2.24, 2.45) is 5.73 Å². The van der Waals surface area contributed by atoms with Crippen molar-refractivity contribution in [1.82, 2.24) is 4.90 Å². The van der Waals surface area contributed by atoms with E-state index in [1.165, 1.54) is 19.3 Å². The average molecular weight is 288 g/mol. The first kappa shape index (κ1) is 17.9. The lowest BCUT2D eigenvalue weighted by atomic mass is 10.1. The SMILES string of the molecule is CCN(CCCCCCN)CCO[C@@H]1CC[C@H](O)CO1. The van der Waals surface area contributed by atoms with Crippen LogP contribution in [0, 0.1) is 0 Å². The van der Waals surface area contributed by atoms with Crippen molar-refractivity contribution in [2.45, 2.75) is 57.8 Å². The lowest BCUT2D eigenvalue weighted by Crippen LogP contribution is -2.34. The van der Waals surface area contributed by atoms with Crippen LogP contribution >= 0.6 is 0 Å². The zero-order chi connectivity index (χ0) is 14.6. The van der Waals surface area contributed by atoms with Crippen LogP contribution in [0.15, 0.2) is 0 Å². The molecule has 120 valence electrons. The predicted octanol–water partition coefficient (Wildman–Crippen LogP) is 1.34. The lowest BCUT2D eigenvalue weighted by Gasteiger charge is -2.27. The number of hydrogen-bond acceptors (Lipinski definition) is 5. The van der Waals surface area contributed by atoms with Crippen LogP contribution in [0.4, 0.5) is 0 Å². The average Bonchev–Trinajstić information content (AvgIpc) is 2.47. The van der Waals surface area contributed by atoms with Gasteiger partial charge in [0, 0.05) is 13.0 Å². The highest BCUT2D eigenvalue weighted by molar-refractivity contribution is 4.63. The Balaban J connectivity index is 2.00. The molecule has 1 aliphatic heterocycles. The molecular weight excluding hydrogens is 256 g/mol. The van der Waals surface area contributed by atoms with E-state index in [0.717, 1.165) is 45.4 Å². The fraction of sp³-hybridized carbons (Fsp3) is 1.00. The molecule has 5 nitrogen and oxygen atoms in total. The minimum absolute atomic E-state index is 0.123. The van der Waals surface area contributed by atoms with Gasteiger partial charge in [-0.25, -0.2) is 0 Å². The van der Waals surface area contributed by atoms with Crippen molar-refractivity contribution < 1.29 is 14.6 Å². The van der Waals surface area contributed by atoms with E-state index < -0.39 is 0 Å². The first-order valence-corrected chi connectivity index (χ1v) is 8.10. The number of likely N-dealkylation sites (N-methyl/N-ethyl adjacent to an activating group) is 1. The van der Waals surface area contributed by atoms with Crippen LogP contribution in [0.25, 0.3) is 0 Å². The van der Waals surface area contributed by atoms with Gasteiger partial charge >= 0.3 is 0 Å². The fourth-order valence-electron chi connectivity index (χ4n) is 2.42. The summed E-state index contributed by atoms with van der Waals surface area (Å²) in [6.45, 7) is 7.25. The Labute approximate surface area is 123 Å². The molecule has 0 radical (unpaired) electrons. The zero-order valence-corrected chi connectivity index (χ0v) is 12.9. The van der Waals surface area contributed by atoms with E-state index in [0.29, 0.717) is 13.2 Å². The Kier molecular flexibility index (Phi) is 10.2. The Hall–Kier alpha value is -0.200. The maximum Gasteiger partial charge on any atom is 0.157 e. The summed E-state index contributed by atoms with van der Waals surface area (Å²) in [5, 5.41) is 9.34. The molecule has 0 aromatic rings. The summed E-state index contributed by atoms with van der Waals surface area (Å²) in [5.74, 6) is 0. The molecule has 2 atom stereocenters. The molecule has 1 fully saturated rings. The minimum atomic E-state index is -0.310. The van der Waals surface area contributed by atoms with Crippen molar-refractivity contribution in [3.8, 4) is 0 Å². The minimum Gasteiger partial charge on any atom is -0.391 e. The largest absolute Gasteiger partial charge is 0.391 e. The van der Waals surface area contributed by atoms with Gasteiger partial charge in [0.2, 0.25) is 0 Å². The Morgan fingerprint density at radius 2 is 2.00 bits per heavy atom. The molecule has 0 aliphatic carbocycles. The molecule has 0 saturated carbocycles. The van der Waals surface area contributed by atoms with Crippen LogP contribution in [0.1, 0.15) is 45.4 Å². The summed E-state index contributed by atoms with van der Waals surface area (Å²) >= 11 is 0. The Morgan fingerprint density at radius 3 is 2.65 bits per heavy atom. The molecule has 1 heterocycles. The van der Waals surface area contributed by atoms with Crippen molar-refractivity contribution in [1.29, 1.82) is 0 Å². The molecule has 20 heavy (non-hydrogen) atoms. The van der Waals surface area contributed by atoms with E-state index in [-0.39, 0.29) is 12.4 Å². The summed E-state index contributed by atoms with van der Waals surface area (Å²) in [6.07, 6.45) is 6.02. The number of hydrogen-bond donors (Lipinski definition) is 2. The molecule has 0 aromatic heterocycles. The van der Waals surface area contributed by atoms with Gasteiger partial charge in [-0.15, -0.1) is 0 Å². The van der Waals surface area contributed by atoms with E-state index in [1.807, 2.05) is 0 Å². The topological polar surface area (TPSA) is 68.0 Å². The van der Waals surface area contributed by atoms with Crippen molar-refractivity contribution in [2.75, 3.05) is 39.4 Å². The number of aliphatic hydroxyl groups excluding tert-OH is 1. The number of nitrogens with two attached hydrogens (primary N) is 1. The lowest BCUT2D eigenvalue weighted by molar-refractivity contribution is -0.187. The maximum atomic E-state index is 9.34. The van der Waals surface area contributed by atoms with E-state index in [1.54, 1.807) is 0 Å². The standard InChI is InChI=1S/C15H32N2O3/c1-2-17(10-6-4-3-5-9-16)11-12-19-15-8-7-14(18)13-20-15/h14-15,18H,2-13,16H2,1H3/t14-,15-/m0/s1. The van der Waals surface area contributed by atoms with Crippen LogP contribution < -0.4 is 5.73 Å². The predicted molar refractivity (Wildman–Crippen MR) is 80.6 cm³/mol. The van der Waals surface area contributed by atoms with Gasteiger partial charge in [0.1, 0.15) is 0 Å². The first-order valence-electron chi connectivity index (χ1n) is 8.10. The second kappa shape index (κ2) is 11.5. The molecule has 0 unspecified atom stereocenters. The van der Waals surface area contributed by atoms with Gasteiger partial charge in [0.15, 0.2) is 6.29 Å². The normalized spacial score (nSPS) is 23.4. The van der Waals surface area contributed by atoms with Gasteiger partial charge in [-0.3, -0.25) is 0 Å². The fourth-order valence-corrected chi connectivity index (χ4v) is 2.42. The van der Waals surface area contributed by atoms with Crippen LogP contribution in [0.2, 0.25) is 0 Å². The van der Waals surface area contributed by atoms with Gasteiger partial charge in [-0.05, 0) is 38.9 Å². The van der Waals surface area contributed by atoms with Crippen LogP contribution in [0.3, 0.4) is 0 Å². The molecule has 1 rings (SSSR count). The first-order chi connectivity index (χ1) is 9.76. The Morgan fingerprint density at radius 1 is 1.20 bits per heavy atom. The number of unbranched alkanes of at least 4 members (excludes halogenated alkanes) is 3.